The molecule has 1 heterocycles. The smallest absolute Gasteiger partial charge is 0.107 e. The van der Waals surface area contributed by atoms with Crippen LogP contribution in [0.25, 0.3) is 10.4 Å². The molecule has 0 bridgehead atoms. The molecule has 1 atom stereocenters. The minimum Gasteiger partial charge on any atom is -0.396 e. The van der Waals surface area contributed by atoms with E-state index in [9.17, 15) is 0 Å². The summed E-state index contributed by atoms with van der Waals surface area (Å²) in [7, 11) is 0. The van der Waals surface area contributed by atoms with Crippen molar-refractivity contribution >= 4 is 38.9 Å². The molecule has 70 valence electrons. The van der Waals surface area contributed by atoms with E-state index in [0.29, 0.717) is 4.34 Å². The van der Waals surface area contributed by atoms with Crippen molar-refractivity contribution in [3.63, 3.8) is 0 Å². The Balaban J connectivity index is 2.97. The number of azide groups is 1. The van der Waals surface area contributed by atoms with E-state index in [1.807, 2.05) is 0 Å². The monoisotopic (exact) mass is 281 g/mol. The second-order valence-corrected chi connectivity index (χ2v) is 4.71. The third-order valence-corrected chi connectivity index (χ3v) is 3.93. The SMILES string of the molecule is [N-]=[N+]=NC(CO)c1cc(Br)c(Cl)s1. The lowest BCUT2D eigenvalue weighted by molar-refractivity contribution is 0.269. The molecule has 0 amide bonds. The maximum atomic E-state index is 8.89. The first kappa shape index (κ1) is 10.8. The number of nitrogens with zero attached hydrogens (tertiary/aromatic N) is 3. The summed E-state index contributed by atoms with van der Waals surface area (Å²) in [6.45, 7) is -0.215. The number of aliphatic hydroxyl groups excluding tert-OH is 1. The molecule has 0 aliphatic rings. The summed E-state index contributed by atoms with van der Waals surface area (Å²) < 4.78 is 1.34. The molecule has 0 saturated heterocycles. The first-order valence-electron chi connectivity index (χ1n) is 3.28. The lowest BCUT2D eigenvalue weighted by Crippen LogP contribution is -1.96. The number of aliphatic hydroxyl groups is 1. The van der Waals surface area contributed by atoms with Crippen molar-refractivity contribution in [1.29, 1.82) is 0 Å². The van der Waals surface area contributed by atoms with Crippen molar-refractivity contribution in [3.05, 3.63) is 30.2 Å². The molecule has 0 aliphatic heterocycles. The van der Waals surface area contributed by atoms with Gasteiger partial charge in [0.05, 0.1) is 12.6 Å². The highest BCUT2D eigenvalue weighted by atomic mass is 79.9. The zero-order valence-electron chi connectivity index (χ0n) is 6.31. The molecule has 7 heteroatoms. The van der Waals surface area contributed by atoms with Gasteiger partial charge in [-0.3, -0.25) is 0 Å². The highest BCUT2D eigenvalue weighted by Crippen LogP contribution is 2.36. The molecule has 0 saturated carbocycles. The van der Waals surface area contributed by atoms with Crippen molar-refractivity contribution in [3.8, 4) is 0 Å². The average Bonchev–Trinajstić information content (AvgIpc) is 2.43. The molecule has 0 aliphatic carbocycles. The Morgan fingerprint density at radius 1 is 1.85 bits per heavy atom. The highest BCUT2D eigenvalue weighted by molar-refractivity contribution is 9.10. The molecule has 0 aromatic carbocycles. The van der Waals surface area contributed by atoms with Gasteiger partial charge in [0.1, 0.15) is 4.34 Å². The lowest BCUT2D eigenvalue weighted by Gasteiger charge is -2.01. The summed E-state index contributed by atoms with van der Waals surface area (Å²) in [6.07, 6.45) is 0. The second-order valence-electron chi connectivity index (χ2n) is 2.17. The van der Waals surface area contributed by atoms with Gasteiger partial charge in [-0.1, -0.05) is 16.7 Å². The minimum absolute atomic E-state index is 0.215. The van der Waals surface area contributed by atoms with Crippen LogP contribution in [0.3, 0.4) is 0 Å². The van der Waals surface area contributed by atoms with E-state index in [0.717, 1.165) is 9.35 Å². The van der Waals surface area contributed by atoms with Gasteiger partial charge in [0.15, 0.2) is 0 Å². The quantitative estimate of drug-likeness (QED) is 0.514. The van der Waals surface area contributed by atoms with E-state index < -0.39 is 6.04 Å². The summed E-state index contributed by atoms with van der Waals surface area (Å²) in [6, 6.07) is 1.20. The zero-order chi connectivity index (χ0) is 9.84. The molecule has 1 rings (SSSR count). The fraction of sp³-hybridized carbons (Fsp3) is 0.333. The fourth-order valence-corrected chi connectivity index (χ4v) is 2.53. The van der Waals surface area contributed by atoms with Crippen LogP contribution < -0.4 is 0 Å². The maximum Gasteiger partial charge on any atom is 0.107 e. The van der Waals surface area contributed by atoms with E-state index in [4.69, 9.17) is 22.2 Å². The van der Waals surface area contributed by atoms with Crippen molar-refractivity contribution < 1.29 is 5.11 Å². The molecule has 0 fully saturated rings. The second kappa shape index (κ2) is 4.83. The Hall–Kier alpha value is -0.260. The molecular formula is C6H5BrClN3OS. The van der Waals surface area contributed by atoms with Gasteiger partial charge >= 0.3 is 0 Å². The number of hydrogen-bond donors (Lipinski definition) is 1. The minimum atomic E-state index is -0.543. The topological polar surface area (TPSA) is 69.0 Å². The van der Waals surface area contributed by atoms with Crippen LogP contribution >= 0.6 is 38.9 Å². The molecule has 1 aromatic heterocycles. The summed E-state index contributed by atoms with van der Waals surface area (Å²) in [5.74, 6) is 0. The van der Waals surface area contributed by atoms with E-state index in [1.54, 1.807) is 6.07 Å². The van der Waals surface area contributed by atoms with Crippen molar-refractivity contribution in [1.82, 2.24) is 0 Å². The van der Waals surface area contributed by atoms with Gasteiger partial charge in [-0.05, 0) is 27.5 Å². The predicted octanol–water partition coefficient (Wildman–Crippen LogP) is 3.51. The summed E-state index contributed by atoms with van der Waals surface area (Å²) >= 11 is 10.3. The van der Waals surface area contributed by atoms with Gasteiger partial charge in [0.2, 0.25) is 0 Å². The van der Waals surface area contributed by atoms with Crippen molar-refractivity contribution in [2.24, 2.45) is 5.11 Å². The van der Waals surface area contributed by atoms with Crippen LogP contribution in [0.4, 0.5) is 0 Å². The van der Waals surface area contributed by atoms with Gasteiger partial charge in [0.25, 0.3) is 0 Å². The molecule has 0 spiro atoms. The van der Waals surface area contributed by atoms with E-state index in [1.165, 1.54) is 11.3 Å². The van der Waals surface area contributed by atoms with Crippen LogP contribution in [0.1, 0.15) is 10.9 Å². The van der Waals surface area contributed by atoms with Crippen LogP contribution in [0.2, 0.25) is 4.34 Å². The molecular weight excluding hydrogens is 278 g/mol. The summed E-state index contributed by atoms with van der Waals surface area (Å²) in [5, 5.41) is 12.3. The van der Waals surface area contributed by atoms with Crippen molar-refractivity contribution in [2.75, 3.05) is 6.61 Å². The summed E-state index contributed by atoms with van der Waals surface area (Å²) in [4.78, 5) is 3.38. The molecule has 1 N–H and O–H groups in total. The normalized spacial score (nSPS) is 12.2. The van der Waals surface area contributed by atoms with Crippen LogP contribution in [0.5, 0.6) is 0 Å². The molecule has 13 heavy (non-hydrogen) atoms. The number of halogens is 2. The zero-order valence-corrected chi connectivity index (χ0v) is 9.47. The fourth-order valence-electron chi connectivity index (χ4n) is 0.773. The van der Waals surface area contributed by atoms with E-state index in [-0.39, 0.29) is 6.61 Å². The Bertz CT molecular complexity index is 330. The Morgan fingerprint density at radius 3 is 2.92 bits per heavy atom. The lowest BCUT2D eigenvalue weighted by atomic mass is 10.3. The van der Waals surface area contributed by atoms with Crippen LogP contribution in [-0.4, -0.2) is 11.7 Å². The predicted molar refractivity (Wildman–Crippen MR) is 56.0 cm³/mol. The third-order valence-electron chi connectivity index (χ3n) is 1.36. The Morgan fingerprint density at radius 2 is 2.54 bits per heavy atom. The van der Waals surface area contributed by atoms with Crippen LogP contribution in [-0.2, 0) is 0 Å². The van der Waals surface area contributed by atoms with Crippen LogP contribution in [0.15, 0.2) is 15.7 Å². The summed E-state index contributed by atoms with van der Waals surface area (Å²) in [5.41, 5.74) is 8.21. The number of rotatable bonds is 3. The van der Waals surface area contributed by atoms with Gasteiger partial charge in [-0.2, -0.15) is 0 Å². The van der Waals surface area contributed by atoms with Crippen LogP contribution in [0, 0.1) is 0 Å². The largest absolute Gasteiger partial charge is 0.396 e. The van der Waals surface area contributed by atoms with Gasteiger partial charge < -0.3 is 5.11 Å². The van der Waals surface area contributed by atoms with Gasteiger partial charge in [-0.15, -0.1) is 11.3 Å². The molecule has 1 unspecified atom stereocenters. The third kappa shape index (κ3) is 2.59. The standard InChI is InChI=1S/C6H5BrClN3OS/c7-3-1-5(13-6(3)8)4(2-12)10-11-9/h1,4,12H,2H2. The highest BCUT2D eigenvalue weighted by Gasteiger charge is 2.13. The van der Waals surface area contributed by atoms with Gasteiger partial charge in [0, 0.05) is 14.3 Å². The number of thiophene rings is 1. The van der Waals surface area contributed by atoms with E-state index in [2.05, 4.69) is 26.0 Å². The average molecular weight is 283 g/mol. The Kier molecular flexibility index (Phi) is 4.02. The molecule has 4 nitrogen and oxygen atoms in total. The van der Waals surface area contributed by atoms with Crippen molar-refractivity contribution in [2.45, 2.75) is 6.04 Å². The molecule has 1 aromatic rings. The Labute approximate surface area is 91.9 Å². The molecule has 0 radical (unpaired) electrons. The number of hydrogen-bond acceptors (Lipinski definition) is 3. The first-order chi connectivity index (χ1) is 6.19. The van der Waals surface area contributed by atoms with Gasteiger partial charge in [-0.25, -0.2) is 0 Å². The first-order valence-corrected chi connectivity index (χ1v) is 5.27. The maximum absolute atomic E-state index is 8.89. The van der Waals surface area contributed by atoms with E-state index >= 15 is 0 Å².